The van der Waals surface area contributed by atoms with E-state index in [1.807, 2.05) is 0 Å². The SMILES string of the molecule is Ic1ccc(Cc2cccc(CN3CCOCC3)c2)cc1. The molecule has 0 saturated carbocycles. The number of halogens is 1. The zero-order valence-electron chi connectivity index (χ0n) is 12.1. The Labute approximate surface area is 140 Å². The number of nitrogens with zero attached hydrogens (tertiary/aromatic N) is 1. The predicted molar refractivity (Wildman–Crippen MR) is 94.5 cm³/mol. The highest BCUT2D eigenvalue weighted by Gasteiger charge is 2.10. The van der Waals surface area contributed by atoms with Crippen LogP contribution in [0.3, 0.4) is 0 Å². The lowest BCUT2D eigenvalue weighted by Gasteiger charge is -2.26. The van der Waals surface area contributed by atoms with Gasteiger partial charge < -0.3 is 4.74 Å². The zero-order valence-corrected chi connectivity index (χ0v) is 14.3. The Balaban J connectivity index is 1.66. The van der Waals surface area contributed by atoms with E-state index in [-0.39, 0.29) is 0 Å². The largest absolute Gasteiger partial charge is 0.379 e. The topological polar surface area (TPSA) is 12.5 Å². The summed E-state index contributed by atoms with van der Waals surface area (Å²) in [6.45, 7) is 4.84. The third-order valence-electron chi connectivity index (χ3n) is 3.82. The molecule has 2 aromatic carbocycles. The lowest BCUT2D eigenvalue weighted by atomic mass is 10.0. The van der Waals surface area contributed by atoms with Crippen molar-refractivity contribution in [2.45, 2.75) is 13.0 Å². The summed E-state index contributed by atoms with van der Waals surface area (Å²) < 4.78 is 6.70. The van der Waals surface area contributed by atoms with Gasteiger partial charge in [-0.1, -0.05) is 36.4 Å². The minimum Gasteiger partial charge on any atom is -0.379 e. The number of morpholine rings is 1. The van der Waals surface area contributed by atoms with Gasteiger partial charge in [-0.25, -0.2) is 0 Å². The Bertz CT molecular complexity index is 576. The van der Waals surface area contributed by atoms with Crippen LogP contribution in [0.5, 0.6) is 0 Å². The molecule has 0 aromatic heterocycles. The van der Waals surface area contributed by atoms with E-state index in [9.17, 15) is 0 Å². The number of benzene rings is 2. The van der Waals surface area contributed by atoms with Gasteiger partial charge in [0.1, 0.15) is 0 Å². The lowest BCUT2D eigenvalue weighted by molar-refractivity contribution is 0.0342. The maximum absolute atomic E-state index is 5.41. The molecule has 110 valence electrons. The molecule has 0 atom stereocenters. The van der Waals surface area contributed by atoms with Crippen LogP contribution >= 0.6 is 22.6 Å². The van der Waals surface area contributed by atoms with Gasteiger partial charge in [0.2, 0.25) is 0 Å². The number of rotatable bonds is 4. The van der Waals surface area contributed by atoms with Gasteiger partial charge in [-0.05, 0) is 57.8 Å². The van der Waals surface area contributed by atoms with Crippen molar-refractivity contribution in [3.05, 3.63) is 68.8 Å². The quantitative estimate of drug-likeness (QED) is 0.735. The van der Waals surface area contributed by atoms with Crippen molar-refractivity contribution in [2.24, 2.45) is 0 Å². The monoisotopic (exact) mass is 393 g/mol. The summed E-state index contributed by atoms with van der Waals surface area (Å²) >= 11 is 2.35. The average molecular weight is 393 g/mol. The predicted octanol–water partition coefficient (Wildman–Crippen LogP) is 3.71. The van der Waals surface area contributed by atoms with Crippen molar-refractivity contribution in [3.63, 3.8) is 0 Å². The Kier molecular flexibility index (Phi) is 5.27. The first kappa shape index (κ1) is 15.0. The van der Waals surface area contributed by atoms with E-state index in [0.717, 1.165) is 39.3 Å². The summed E-state index contributed by atoms with van der Waals surface area (Å²) in [5.41, 5.74) is 4.17. The Hall–Kier alpha value is -0.910. The third-order valence-corrected chi connectivity index (χ3v) is 4.54. The summed E-state index contributed by atoms with van der Waals surface area (Å²) in [5.74, 6) is 0. The number of hydrogen-bond acceptors (Lipinski definition) is 2. The normalized spacial score (nSPS) is 16.0. The van der Waals surface area contributed by atoms with Gasteiger partial charge >= 0.3 is 0 Å². The molecule has 1 aliphatic heterocycles. The molecule has 1 saturated heterocycles. The van der Waals surface area contributed by atoms with Crippen molar-refractivity contribution < 1.29 is 4.74 Å². The van der Waals surface area contributed by atoms with E-state index < -0.39 is 0 Å². The molecular formula is C18H20INO. The molecule has 3 heteroatoms. The van der Waals surface area contributed by atoms with Crippen molar-refractivity contribution in [2.75, 3.05) is 26.3 Å². The summed E-state index contributed by atoms with van der Waals surface area (Å²) in [4.78, 5) is 2.47. The Morgan fingerprint density at radius 3 is 2.38 bits per heavy atom. The number of ether oxygens (including phenoxy) is 1. The van der Waals surface area contributed by atoms with Gasteiger partial charge in [0.25, 0.3) is 0 Å². The van der Waals surface area contributed by atoms with Crippen molar-refractivity contribution >= 4 is 22.6 Å². The van der Waals surface area contributed by atoms with E-state index in [2.05, 4.69) is 76.0 Å². The Morgan fingerprint density at radius 2 is 1.62 bits per heavy atom. The van der Waals surface area contributed by atoms with Crippen LogP contribution < -0.4 is 0 Å². The van der Waals surface area contributed by atoms with Crippen LogP contribution in [0, 0.1) is 3.57 Å². The maximum atomic E-state index is 5.41. The van der Waals surface area contributed by atoms with E-state index >= 15 is 0 Å². The molecule has 0 amide bonds. The first-order valence-corrected chi connectivity index (χ1v) is 8.50. The van der Waals surface area contributed by atoms with Crippen LogP contribution in [-0.2, 0) is 17.7 Å². The molecule has 0 N–H and O–H groups in total. The van der Waals surface area contributed by atoms with Gasteiger partial charge in [-0.2, -0.15) is 0 Å². The highest BCUT2D eigenvalue weighted by Crippen LogP contribution is 2.15. The summed E-state index contributed by atoms with van der Waals surface area (Å²) in [6.07, 6.45) is 1.01. The average Bonchev–Trinajstić information content (AvgIpc) is 2.51. The fourth-order valence-electron chi connectivity index (χ4n) is 2.69. The smallest absolute Gasteiger partial charge is 0.0594 e. The second kappa shape index (κ2) is 7.38. The first-order chi connectivity index (χ1) is 10.3. The van der Waals surface area contributed by atoms with Crippen molar-refractivity contribution in [1.29, 1.82) is 0 Å². The van der Waals surface area contributed by atoms with E-state index in [0.29, 0.717) is 0 Å². The van der Waals surface area contributed by atoms with Crippen LogP contribution in [-0.4, -0.2) is 31.2 Å². The molecule has 0 unspecified atom stereocenters. The minimum absolute atomic E-state index is 0.863. The van der Waals surface area contributed by atoms with Crippen LogP contribution in [0.15, 0.2) is 48.5 Å². The van der Waals surface area contributed by atoms with Crippen molar-refractivity contribution in [1.82, 2.24) is 4.90 Å². The molecule has 21 heavy (non-hydrogen) atoms. The van der Waals surface area contributed by atoms with Crippen LogP contribution in [0.4, 0.5) is 0 Å². The minimum atomic E-state index is 0.863. The second-order valence-electron chi connectivity index (χ2n) is 5.51. The second-order valence-corrected chi connectivity index (χ2v) is 6.76. The van der Waals surface area contributed by atoms with E-state index in [1.165, 1.54) is 20.3 Å². The number of hydrogen-bond donors (Lipinski definition) is 0. The maximum Gasteiger partial charge on any atom is 0.0594 e. The van der Waals surface area contributed by atoms with Gasteiger partial charge in [-0.15, -0.1) is 0 Å². The zero-order chi connectivity index (χ0) is 14.5. The molecule has 0 spiro atoms. The fourth-order valence-corrected chi connectivity index (χ4v) is 3.05. The molecule has 1 aliphatic rings. The molecule has 2 aromatic rings. The fraction of sp³-hybridized carbons (Fsp3) is 0.333. The van der Waals surface area contributed by atoms with E-state index in [1.54, 1.807) is 0 Å². The Morgan fingerprint density at radius 1 is 0.905 bits per heavy atom. The first-order valence-electron chi connectivity index (χ1n) is 7.42. The molecular weight excluding hydrogens is 373 g/mol. The molecule has 3 rings (SSSR count). The van der Waals surface area contributed by atoms with Gasteiger partial charge in [0, 0.05) is 23.2 Å². The van der Waals surface area contributed by atoms with E-state index in [4.69, 9.17) is 4.74 Å². The third kappa shape index (κ3) is 4.53. The summed E-state index contributed by atoms with van der Waals surface area (Å²) in [6, 6.07) is 17.8. The van der Waals surface area contributed by atoms with Gasteiger partial charge in [0.15, 0.2) is 0 Å². The summed E-state index contributed by atoms with van der Waals surface area (Å²) in [5, 5.41) is 0. The molecule has 1 heterocycles. The van der Waals surface area contributed by atoms with Gasteiger partial charge in [0.05, 0.1) is 13.2 Å². The summed E-state index contributed by atoms with van der Waals surface area (Å²) in [7, 11) is 0. The van der Waals surface area contributed by atoms with Crippen LogP contribution in [0.2, 0.25) is 0 Å². The molecule has 2 nitrogen and oxygen atoms in total. The molecule has 0 radical (unpaired) electrons. The lowest BCUT2D eigenvalue weighted by Crippen LogP contribution is -2.35. The van der Waals surface area contributed by atoms with Crippen LogP contribution in [0.25, 0.3) is 0 Å². The van der Waals surface area contributed by atoms with Crippen LogP contribution in [0.1, 0.15) is 16.7 Å². The highest BCUT2D eigenvalue weighted by atomic mass is 127. The van der Waals surface area contributed by atoms with Crippen molar-refractivity contribution in [3.8, 4) is 0 Å². The highest BCUT2D eigenvalue weighted by molar-refractivity contribution is 14.1. The molecule has 0 aliphatic carbocycles. The standard InChI is InChI=1S/C18H20INO/c19-18-6-4-15(5-7-18)12-16-2-1-3-17(13-16)14-20-8-10-21-11-9-20/h1-7,13H,8-12,14H2. The molecule has 1 fully saturated rings. The molecule has 0 bridgehead atoms. The van der Waals surface area contributed by atoms with Gasteiger partial charge in [-0.3, -0.25) is 4.90 Å².